The molecule has 0 aliphatic rings. The van der Waals surface area contributed by atoms with Crippen LogP contribution in [0.1, 0.15) is 10.5 Å². The molecule has 1 aromatic carbocycles. The summed E-state index contributed by atoms with van der Waals surface area (Å²) in [4.78, 5) is 11.0. The van der Waals surface area contributed by atoms with Crippen LogP contribution in [-0.4, -0.2) is 30.3 Å². The third kappa shape index (κ3) is 2.56. The Morgan fingerprint density at radius 2 is 2.00 bits per heavy atom. The van der Waals surface area contributed by atoms with Crippen LogP contribution in [0.15, 0.2) is 36.9 Å². The van der Waals surface area contributed by atoms with Crippen LogP contribution in [0, 0.1) is 0 Å². The lowest BCUT2D eigenvalue weighted by Gasteiger charge is -2.08. The molecule has 0 radical (unpaired) electrons. The first-order chi connectivity index (χ1) is 9.73. The SMILES string of the molecule is C=CCn1nc(-c2ccc(OC)c(OC)c2)cc1C=O. The summed E-state index contributed by atoms with van der Waals surface area (Å²) in [6.07, 6.45) is 2.47. The standard InChI is InChI=1S/C15H16N2O3/c1-4-7-17-12(10-18)9-13(16-17)11-5-6-14(19-2)15(8-11)20-3/h4-6,8-10H,1,7H2,2-3H3. The van der Waals surface area contributed by atoms with E-state index in [-0.39, 0.29) is 0 Å². The second kappa shape index (κ2) is 6.06. The highest BCUT2D eigenvalue weighted by molar-refractivity contribution is 5.76. The van der Waals surface area contributed by atoms with Crippen LogP contribution in [0.25, 0.3) is 11.3 Å². The number of nitrogens with zero attached hydrogens (tertiary/aromatic N) is 2. The summed E-state index contributed by atoms with van der Waals surface area (Å²) in [6.45, 7) is 4.14. The molecule has 2 aromatic rings. The minimum absolute atomic E-state index is 0.487. The largest absolute Gasteiger partial charge is 0.493 e. The first-order valence-corrected chi connectivity index (χ1v) is 6.09. The summed E-state index contributed by atoms with van der Waals surface area (Å²) in [6, 6.07) is 7.24. The molecule has 2 rings (SSSR count). The van der Waals surface area contributed by atoms with Crippen LogP contribution < -0.4 is 9.47 Å². The van der Waals surface area contributed by atoms with Crippen LogP contribution in [0.2, 0.25) is 0 Å². The highest BCUT2D eigenvalue weighted by Gasteiger charge is 2.11. The fraction of sp³-hybridized carbons (Fsp3) is 0.200. The van der Waals surface area contributed by atoms with Gasteiger partial charge in [0.1, 0.15) is 5.69 Å². The second-order valence-corrected chi connectivity index (χ2v) is 4.11. The van der Waals surface area contributed by atoms with Crippen molar-refractivity contribution < 1.29 is 14.3 Å². The number of ether oxygens (including phenoxy) is 2. The van der Waals surface area contributed by atoms with Gasteiger partial charge >= 0.3 is 0 Å². The van der Waals surface area contributed by atoms with Crippen LogP contribution in [0.5, 0.6) is 11.5 Å². The van der Waals surface area contributed by atoms with Crippen LogP contribution >= 0.6 is 0 Å². The molecule has 1 aromatic heterocycles. The van der Waals surface area contributed by atoms with E-state index in [2.05, 4.69) is 11.7 Å². The molecule has 5 heteroatoms. The van der Waals surface area contributed by atoms with E-state index in [1.807, 2.05) is 12.1 Å². The lowest BCUT2D eigenvalue weighted by Crippen LogP contribution is -2.01. The molecule has 1 heterocycles. The maximum absolute atomic E-state index is 11.0. The first-order valence-electron chi connectivity index (χ1n) is 6.09. The summed E-state index contributed by atoms with van der Waals surface area (Å²) >= 11 is 0. The van der Waals surface area contributed by atoms with Gasteiger partial charge in [0.05, 0.1) is 26.5 Å². The quantitative estimate of drug-likeness (QED) is 0.599. The van der Waals surface area contributed by atoms with Gasteiger partial charge in [-0.3, -0.25) is 9.48 Å². The van der Waals surface area contributed by atoms with Gasteiger partial charge < -0.3 is 9.47 Å². The number of benzene rings is 1. The first kappa shape index (κ1) is 13.9. The molecule has 0 N–H and O–H groups in total. The smallest absolute Gasteiger partial charge is 0.168 e. The van der Waals surface area contributed by atoms with Gasteiger partial charge in [-0.25, -0.2) is 0 Å². The Kier molecular flexibility index (Phi) is 4.20. The summed E-state index contributed by atoms with van der Waals surface area (Å²) < 4.78 is 12.1. The molecule has 0 aliphatic heterocycles. The van der Waals surface area contributed by atoms with E-state index in [0.29, 0.717) is 29.4 Å². The Hall–Kier alpha value is -2.56. The fourth-order valence-electron chi connectivity index (χ4n) is 1.93. The lowest BCUT2D eigenvalue weighted by atomic mass is 10.1. The Morgan fingerprint density at radius 1 is 1.25 bits per heavy atom. The molecule has 0 spiro atoms. The van der Waals surface area contributed by atoms with Crippen LogP contribution in [0.4, 0.5) is 0 Å². The normalized spacial score (nSPS) is 10.1. The summed E-state index contributed by atoms with van der Waals surface area (Å²) in [5.74, 6) is 1.27. The average molecular weight is 272 g/mol. The number of carbonyl (C=O) groups is 1. The third-order valence-electron chi connectivity index (χ3n) is 2.91. The third-order valence-corrected chi connectivity index (χ3v) is 2.91. The molecule has 0 amide bonds. The summed E-state index contributed by atoms with van der Waals surface area (Å²) in [5.41, 5.74) is 2.07. The molecule has 0 saturated carbocycles. The van der Waals surface area contributed by atoms with Gasteiger partial charge in [-0.2, -0.15) is 5.10 Å². The number of rotatable bonds is 6. The number of hydrogen-bond acceptors (Lipinski definition) is 4. The minimum Gasteiger partial charge on any atom is -0.493 e. The molecule has 104 valence electrons. The molecule has 0 unspecified atom stereocenters. The van der Waals surface area contributed by atoms with E-state index in [4.69, 9.17) is 9.47 Å². The van der Waals surface area contributed by atoms with E-state index in [1.54, 1.807) is 37.1 Å². The monoisotopic (exact) mass is 272 g/mol. The highest BCUT2D eigenvalue weighted by atomic mass is 16.5. The summed E-state index contributed by atoms with van der Waals surface area (Å²) in [7, 11) is 3.16. The van der Waals surface area contributed by atoms with E-state index in [0.717, 1.165) is 11.8 Å². The topological polar surface area (TPSA) is 53.4 Å². The maximum atomic E-state index is 11.0. The molecule has 0 atom stereocenters. The zero-order valence-corrected chi connectivity index (χ0v) is 11.5. The number of methoxy groups -OCH3 is 2. The fourth-order valence-corrected chi connectivity index (χ4v) is 1.93. The van der Waals surface area contributed by atoms with Gasteiger partial charge in [0.2, 0.25) is 0 Å². The van der Waals surface area contributed by atoms with E-state index < -0.39 is 0 Å². The minimum atomic E-state index is 0.487. The van der Waals surface area contributed by atoms with E-state index in [1.165, 1.54) is 0 Å². The maximum Gasteiger partial charge on any atom is 0.168 e. The molecule has 0 aliphatic carbocycles. The highest BCUT2D eigenvalue weighted by Crippen LogP contribution is 2.31. The van der Waals surface area contributed by atoms with Gasteiger partial charge in [0, 0.05) is 5.56 Å². The molecular weight excluding hydrogens is 256 g/mol. The van der Waals surface area contributed by atoms with Crippen molar-refractivity contribution in [2.75, 3.05) is 14.2 Å². The van der Waals surface area contributed by atoms with Gasteiger partial charge in [0.15, 0.2) is 17.8 Å². The number of aldehydes is 1. The zero-order chi connectivity index (χ0) is 14.5. The van der Waals surface area contributed by atoms with Gasteiger partial charge in [-0.05, 0) is 24.3 Å². The van der Waals surface area contributed by atoms with Crippen molar-refractivity contribution in [1.29, 1.82) is 0 Å². The van der Waals surface area contributed by atoms with Crippen molar-refractivity contribution in [2.24, 2.45) is 0 Å². The van der Waals surface area contributed by atoms with Crippen molar-refractivity contribution in [1.82, 2.24) is 9.78 Å². The van der Waals surface area contributed by atoms with Gasteiger partial charge in [0.25, 0.3) is 0 Å². The van der Waals surface area contributed by atoms with Crippen LogP contribution in [0.3, 0.4) is 0 Å². The number of hydrogen-bond donors (Lipinski definition) is 0. The molecule has 0 bridgehead atoms. The lowest BCUT2D eigenvalue weighted by molar-refractivity contribution is 0.111. The molecular formula is C15H16N2O3. The Labute approximate surface area is 117 Å². The van der Waals surface area contributed by atoms with Gasteiger partial charge in [-0.1, -0.05) is 6.08 Å². The van der Waals surface area contributed by atoms with Gasteiger partial charge in [-0.15, -0.1) is 6.58 Å². The Morgan fingerprint density at radius 3 is 2.60 bits per heavy atom. The summed E-state index contributed by atoms with van der Waals surface area (Å²) in [5, 5.41) is 4.39. The van der Waals surface area contributed by atoms with E-state index in [9.17, 15) is 4.79 Å². The van der Waals surface area contributed by atoms with Crippen molar-refractivity contribution in [2.45, 2.75) is 6.54 Å². The number of carbonyl (C=O) groups excluding carboxylic acids is 1. The van der Waals surface area contributed by atoms with Crippen molar-refractivity contribution in [3.8, 4) is 22.8 Å². The number of allylic oxidation sites excluding steroid dienone is 1. The average Bonchev–Trinajstić information content (AvgIpc) is 2.90. The van der Waals surface area contributed by atoms with E-state index >= 15 is 0 Å². The second-order valence-electron chi connectivity index (χ2n) is 4.11. The molecule has 5 nitrogen and oxygen atoms in total. The molecule has 0 saturated heterocycles. The zero-order valence-electron chi connectivity index (χ0n) is 11.5. The Balaban J connectivity index is 2.45. The molecule has 20 heavy (non-hydrogen) atoms. The Bertz CT molecular complexity index is 632. The number of aromatic nitrogens is 2. The van der Waals surface area contributed by atoms with Crippen molar-refractivity contribution >= 4 is 6.29 Å². The van der Waals surface area contributed by atoms with Crippen molar-refractivity contribution in [3.63, 3.8) is 0 Å². The predicted molar refractivity (Wildman–Crippen MR) is 76.4 cm³/mol. The predicted octanol–water partition coefficient (Wildman–Crippen LogP) is 2.57. The molecule has 0 fully saturated rings. The van der Waals surface area contributed by atoms with Crippen LogP contribution in [-0.2, 0) is 6.54 Å². The van der Waals surface area contributed by atoms with Crippen molar-refractivity contribution in [3.05, 3.63) is 42.6 Å².